The second-order valence-corrected chi connectivity index (χ2v) is 9.69. The van der Waals surface area contributed by atoms with Crippen molar-refractivity contribution in [3.63, 3.8) is 0 Å². The van der Waals surface area contributed by atoms with E-state index in [0.29, 0.717) is 5.56 Å². The number of alkyl carbamates (subject to hydrolysis) is 1. The first-order valence-electron chi connectivity index (χ1n) is 11.4. The van der Waals surface area contributed by atoms with Gasteiger partial charge in [-0.3, -0.25) is 9.59 Å². The van der Waals surface area contributed by atoms with Crippen molar-refractivity contribution in [1.29, 1.82) is 0 Å². The number of carboxylic acids is 1. The topological polar surface area (TPSA) is 134 Å². The number of hydrogen-bond donors (Lipinski definition) is 4. The highest BCUT2D eigenvalue weighted by atomic mass is 16.6. The Morgan fingerprint density at radius 3 is 2.43 bits per heavy atom. The fourth-order valence-corrected chi connectivity index (χ4v) is 3.81. The molecule has 0 radical (unpaired) electrons. The highest BCUT2D eigenvalue weighted by Crippen LogP contribution is 2.28. The zero-order chi connectivity index (χ0) is 25.9. The maximum absolute atomic E-state index is 13.2. The van der Waals surface area contributed by atoms with Crippen LogP contribution in [0.5, 0.6) is 0 Å². The van der Waals surface area contributed by atoms with Crippen LogP contribution >= 0.6 is 0 Å². The molecule has 2 aromatic carbocycles. The lowest BCUT2D eigenvalue weighted by atomic mass is 9.93. The molecular weight excluding hydrogens is 450 g/mol. The summed E-state index contributed by atoms with van der Waals surface area (Å²) < 4.78 is 5.34. The van der Waals surface area contributed by atoms with Crippen LogP contribution in [-0.2, 0) is 25.5 Å². The molecular formula is C26H31N3O6. The quantitative estimate of drug-likeness (QED) is 0.521. The number of benzene rings is 2. The number of carbonyl (C=O) groups is 4. The average molecular weight is 482 g/mol. The summed E-state index contributed by atoms with van der Waals surface area (Å²) >= 11 is 0. The summed E-state index contributed by atoms with van der Waals surface area (Å²) in [7, 11) is 0. The molecule has 0 saturated heterocycles. The lowest BCUT2D eigenvalue weighted by molar-refractivity contribution is -0.142. The van der Waals surface area contributed by atoms with Crippen LogP contribution in [0.1, 0.15) is 50.4 Å². The Labute approximate surface area is 204 Å². The van der Waals surface area contributed by atoms with Crippen LogP contribution in [0.3, 0.4) is 0 Å². The Balaban J connectivity index is 2.11. The minimum atomic E-state index is -1.18. The van der Waals surface area contributed by atoms with Gasteiger partial charge in [0.05, 0.1) is 0 Å². The molecule has 3 atom stereocenters. The maximum atomic E-state index is 13.2. The number of amides is 3. The van der Waals surface area contributed by atoms with E-state index in [0.717, 1.165) is 22.3 Å². The van der Waals surface area contributed by atoms with Crippen LogP contribution in [0.4, 0.5) is 4.79 Å². The summed E-state index contributed by atoms with van der Waals surface area (Å²) in [4.78, 5) is 50.3. The van der Waals surface area contributed by atoms with Crippen LogP contribution in [-0.4, -0.2) is 46.7 Å². The number of aliphatic carboxylic acids is 1. The highest BCUT2D eigenvalue weighted by Gasteiger charge is 2.30. The Bertz CT molecular complexity index is 1150. The summed E-state index contributed by atoms with van der Waals surface area (Å²) in [5.74, 6) is -2.47. The molecule has 3 amide bonds. The van der Waals surface area contributed by atoms with Crippen LogP contribution in [0, 0.1) is 6.92 Å². The summed E-state index contributed by atoms with van der Waals surface area (Å²) in [5.41, 5.74) is 3.06. The molecule has 9 heteroatoms. The minimum absolute atomic E-state index is 0.0809. The van der Waals surface area contributed by atoms with Crippen molar-refractivity contribution in [3.8, 4) is 11.1 Å². The first kappa shape index (κ1) is 25.7. The van der Waals surface area contributed by atoms with Crippen molar-refractivity contribution in [3.05, 3.63) is 59.2 Å². The van der Waals surface area contributed by atoms with E-state index in [1.165, 1.54) is 6.92 Å². The number of ether oxygens (including phenoxy) is 1. The second-order valence-electron chi connectivity index (χ2n) is 9.69. The molecule has 0 saturated carbocycles. The molecule has 4 bridgehead atoms. The van der Waals surface area contributed by atoms with Gasteiger partial charge in [0.15, 0.2) is 0 Å². The number of rotatable bonds is 2. The van der Waals surface area contributed by atoms with Gasteiger partial charge >= 0.3 is 12.1 Å². The third-order valence-corrected chi connectivity index (χ3v) is 5.56. The van der Waals surface area contributed by atoms with Crippen molar-refractivity contribution < 1.29 is 29.0 Å². The molecule has 0 aromatic heterocycles. The lowest BCUT2D eigenvalue weighted by Gasteiger charge is -2.26. The zero-order valence-corrected chi connectivity index (χ0v) is 20.5. The van der Waals surface area contributed by atoms with Gasteiger partial charge in [0.25, 0.3) is 0 Å². The number of nitrogens with one attached hydrogen (secondary N) is 3. The number of fused-ring (bicyclic) bond motifs is 5. The van der Waals surface area contributed by atoms with E-state index in [9.17, 15) is 24.3 Å². The van der Waals surface area contributed by atoms with Crippen LogP contribution in [0.2, 0.25) is 0 Å². The molecule has 4 N–H and O–H groups in total. The van der Waals surface area contributed by atoms with E-state index in [4.69, 9.17) is 4.74 Å². The third-order valence-electron chi connectivity index (χ3n) is 5.56. The normalized spacial score (nSPS) is 20.7. The number of aryl methyl sites for hydroxylation is 1. The predicted octanol–water partition coefficient (Wildman–Crippen LogP) is 2.86. The van der Waals surface area contributed by atoms with E-state index in [2.05, 4.69) is 16.0 Å². The summed E-state index contributed by atoms with van der Waals surface area (Å²) in [6.45, 7) is 8.50. The fraction of sp³-hybridized carbons (Fsp3) is 0.385. The van der Waals surface area contributed by atoms with Gasteiger partial charge in [-0.2, -0.15) is 0 Å². The van der Waals surface area contributed by atoms with Gasteiger partial charge < -0.3 is 25.8 Å². The second kappa shape index (κ2) is 10.2. The van der Waals surface area contributed by atoms with Gasteiger partial charge in [-0.05, 0) is 68.5 Å². The molecule has 9 nitrogen and oxygen atoms in total. The summed E-state index contributed by atoms with van der Waals surface area (Å²) in [6, 6.07) is 9.36. The van der Waals surface area contributed by atoms with Gasteiger partial charge in [0, 0.05) is 6.42 Å². The van der Waals surface area contributed by atoms with Crippen LogP contribution < -0.4 is 16.0 Å². The highest BCUT2D eigenvalue weighted by molar-refractivity contribution is 5.93. The molecule has 35 heavy (non-hydrogen) atoms. The number of carbonyl (C=O) groups excluding carboxylic acids is 3. The fourth-order valence-electron chi connectivity index (χ4n) is 3.81. The van der Waals surface area contributed by atoms with E-state index < -0.39 is 47.6 Å². The van der Waals surface area contributed by atoms with Crippen molar-refractivity contribution >= 4 is 23.9 Å². The molecule has 0 fully saturated rings. The minimum Gasteiger partial charge on any atom is -0.480 e. The van der Waals surface area contributed by atoms with E-state index in [-0.39, 0.29) is 6.42 Å². The van der Waals surface area contributed by atoms with E-state index >= 15 is 0 Å². The molecule has 3 rings (SSSR count). The standard InChI is InChI=1S/C26H31N3O6/c1-14-9-10-16-11-19(14)17-7-6-8-18(13-17)21(29-25(34)35-26(3,4)5)23(31)27-15(2)22(30)28-20(12-16)24(32)33/h6-11,13,15,20-21H,12H2,1-5H3,(H,27,31)(H,28,30)(H,29,34)(H,32,33)/t15-,20-,21-/m0/s1. The van der Waals surface area contributed by atoms with Crippen LogP contribution in [0.25, 0.3) is 11.1 Å². The molecule has 0 aliphatic carbocycles. The smallest absolute Gasteiger partial charge is 0.408 e. The van der Waals surface area contributed by atoms with Gasteiger partial charge in [0.2, 0.25) is 11.8 Å². The lowest BCUT2D eigenvalue weighted by Crippen LogP contribution is -2.53. The summed E-state index contributed by atoms with van der Waals surface area (Å²) in [6.07, 6.45) is -0.706. The molecule has 1 aliphatic heterocycles. The van der Waals surface area contributed by atoms with Gasteiger partial charge in [0.1, 0.15) is 23.7 Å². The van der Waals surface area contributed by atoms with Gasteiger partial charge in [-0.25, -0.2) is 9.59 Å². The summed E-state index contributed by atoms with van der Waals surface area (Å²) in [5, 5.41) is 17.3. The van der Waals surface area contributed by atoms with Crippen LogP contribution in [0.15, 0.2) is 42.5 Å². The Morgan fingerprint density at radius 1 is 1.06 bits per heavy atom. The molecule has 0 spiro atoms. The SMILES string of the molecule is Cc1ccc2cc1-c1cccc(c1)[C@H](NC(=O)OC(C)(C)C)C(=O)N[C@@H](C)C(=O)N[C@H](C(=O)O)C2. The largest absolute Gasteiger partial charge is 0.480 e. The zero-order valence-electron chi connectivity index (χ0n) is 20.5. The molecule has 0 unspecified atom stereocenters. The van der Waals surface area contributed by atoms with E-state index in [1.54, 1.807) is 39.0 Å². The predicted molar refractivity (Wildman–Crippen MR) is 130 cm³/mol. The van der Waals surface area contributed by atoms with Gasteiger partial charge in [-0.1, -0.05) is 36.4 Å². The molecule has 1 aliphatic rings. The molecule has 2 aromatic rings. The number of carboxylic acid groups (broad SMARTS) is 1. The van der Waals surface area contributed by atoms with Gasteiger partial charge in [-0.15, -0.1) is 0 Å². The molecule has 186 valence electrons. The Kier molecular flexibility index (Phi) is 7.48. The van der Waals surface area contributed by atoms with Crippen molar-refractivity contribution in [2.75, 3.05) is 0 Å². The van der Waals surface area contributed by atoms with Crippen molar-refractivity contribution in [1.82, 2.24) is 16.0 Å². The maximum Gasteiger partial charge on any atom is 0.408 e. The van der Waals surface area contributed by atoms with E-state index in [1.807, 2.05) is 31.2 Å². The monoisotopic (exact) mass is 481 g/mol. The molecule has 1 heterocycles. The Hall–Kier alpha value is -3.88. The van der Waals surface area contributed by atoms with Crippen molar-refractivity contribution in [2.45, 2.75) is 64.8 Å². The first-order chi connectivity index (χ1) is 16.3. The van der Waals surface area contributed by atoms with Crippen molar-refractivity contribution in [2.24, 2.45) is 0 Å². The first-order valence-corrected chi connectivity index (χ1v) is 11.4. The average Bonchev–Trinajstić information content (AvgIpc) is 2.76. The number of hydrogen-bond acceptors (Lipinski definition) is 5. The Morgan fingerprint density at radius 2 is 1.77 bits per heavy atom. The third kappa shape index (κ3) is 6.59.